The first-order chi connectivity index (χ1) is 11.1. The summed E-state index contributed by atoms with van der Waals surface area (Å²) < 4.78 is 1.80. The second-order valence-corrected chi connectivity index (χ2v) is 5.39. The summed E-state index contributed by atoms with van der Waals surface area (Å²) in [5.74, 6) is -0.302. The Kier molecular flexibility index (Phi) is 2.80. The lowest BCUT2D eigenvalue weighted by molar-refractivity contribution is 0.102. The minimum absolute atomic E-state index is 0.279. The van der Waals surface area contributed by atoms with Gasteiger partial charge in [0, 0.05) is 18.1 Å². The number of benzene rings is 1. The number of aromatic nitrogens is 4. The van der Waals surface area contributed by atoms with Crippen LogP contribution in [0.15, 0.2) is 47.5 Å². The Morgan fingerprint density at radius 2 is 2.00 bits per heavy atom. The number of carbonyl (C=O) groups is 1. The Bertz CT molecular complexity index is 1100. The third-order valence-electron chi connectivity index (χ3n) is 3.62. The number of fused-ring (bicyclic) bond motifs is 2. The number of H-pyrrole nitrogens is 2. The number of hydrogen-bond acceptors (Lipinski definition) is 3. The highest BCUT2D eigenvalue weighted by Gasteiger charge is 2.11. The number of nitrogens with zero attached hydrogens (tertiary/aromatic N) is 2. The van der Waals surface area contributed by atoms with Gasteiger partial charge in [-0.15, -0.1) is 0 Å². The summed E-state index contributed by atoms with van der Waals surface area (Å²) >= 11 is 0. The highest BCUT2D eigenvalue weighted by Crippen LogP contribution is 2.16. The molecule has 3 aromatic heterocycles. The zero-order valence-electron chi connectivity index (χ0n) is 12.3. The number of carbonyl (C=O) groups excluding carboxylic acids is 1. The highest BCUT2D eigenvalue weighted by atomic mass is 16.2. The van der Waals surface area contributed by atoms with E-state index in [1.54, 1.807) is 28.8 Å². The Morgan fingerprint density at radius 3 is 2.87 bits per heavy atom. The summed E-state index contributed by atoms with van der Waals surface area (Å²) in [6.45, 7) is 1.97. The molecule has 1 aromatic carbocycles. The third kappa shape index (κ3) is 2.38. The maximum Gasteiger partial charge on any atom is 0.323 e. The van der Waals surface area contributed by atoms with Gasteiger partial charge in [-0.2, -0.15) is 0 Å². The SMILES string of the molecule is Cc1ccn2cc(C(=O)Nc3ccc4[nH]c(=O)[nH]c4c3)nc2c1. The fourth-order valence-corrected chi connectivity index (χ4v) is 2.50. The van der Waals surface area contributed by atoms with E-state index in [2.05, 4.69) is 20.3 Å². The molecule has 4 rings (SSSR count). The molecular formula is C16H13N5O2. The zero-order chi connectivity index (χ0) is 16.0. The fourth-order valence-electron chi connectivity index (χ4n) is 2.50. The van der Waals surface area contributed by atoms with E-state index in [0.717, 1.165) is 11.2 Å². The van der Waals surface area contributed by atoms with Crippen LogP contribution in [0, 0.1) is 6.92 Å². The van der Waals surface area contributed by atoms with Crippen LogP contribution < -0.4 is 11.0 Å². The van der Waals surface area contributed by atoms with Crippen LogP contribution in [-0.4, -0.2) is 25.3 Å². The van der Waals surface area contributed by atoms with Crippen LogP contribution in [0.2, 0.25) is 0 Å². The van der Waals surface area contributed by atoms with Crippen molar-refractivity contribution >= 4 is 28.3 Å². The molecule has 0 fully saturated rings. The average Bonchev–Trinajstić information content (AvgIpc) is 3.08. The molecule has 7 heteroatoms. The predicted octanol–water partition coefficient (Wildman–Crippen LogP) is 2.06. The van der Waals surface area contributed by atoms with Crippen molar-refractivity contribution in [1.29, 1.82) is 0 Å². The number of aromatic amines is 2. The van der Waals surface area contributed by atoms with E-state index in [4.69, 9.17) is 0 Å². The quantitative estimate of drug-likeness (QED) is 0.529. The van der Waals surface area contributed by atoms with Crippen LogP contribution in [0.4, 0.5) is 5.69 Å². The van der Waals surface area contributed by atoms with Crippen LogP contribution in [0.3, 0.4) is 0 Å². The van der Waals surface area contributed by atoms with E-state index in [1.165, 1.54) is 0 Å². The lowest BCUT2D eigenvalue weighted by atomic mass is 10.2. The van der Waals surface area contributed by atoms with Crippen molar-refractivity contribution in [2.45, 2.75) is 6.92 Å². The molecule has 3 heterocycles. The Morgan fingerprint density at radius 1 is 1.17 bits per heavy atom. The molecule has 0 bridgehead atoms. The molecule has 0 saturated carbocycles. The molecule has 0 spiro atoms. The third-order valence-corrected chi connectivity index (χ3v) is 3.62. The number of imidazole rings is 2. The first-order valence-electron chi connectivity index (χ1n) is 7.07. The molecule has 4 aromatic rings. The van der Waals surface area contributed by atoms with E-state index in [9.17, 15) is 9.59 Å². The summed E-state index contributed by atoms with van der Waals surface area (Å²) in [6.07, 6.45) is 3.55. The smallest absolute Gasteiger partial charge is 0.321 e. The zero-order valence-corrected chi connectivity index (χ0v) is 12.3. The minimum Gasteiger partial charge on any atom is -0.321 e. The first kappa shape index (κ1) is 13.3. The van der Waals surface area contributed by atoms with Crippen molar-refractivity contribution in [3.8, 4) is 0 Å². The van der Waals surface area contributed by atoms with Crippen LogP contribution in [-0.2, 0) is 0 Å². The fraction of sp³-hybridized carbons (Fsp3) is 0.0625. The van der Waals surface area contributed by atoms with E-state index in [-0.39, 0.29) is 11.6 Å². The van der Waals surface area contributed by atoms with Crippen LogP contribution in [0.5, 0.6) is 0 Å². The molecule has 7 nitrogen and oxygen atoms in total. The van der Waals surface area contributed by atoms with Gasteiger partial charge < -0.3 is 19.7 Å². The highest BCUT2D eigenvalue weighted by molar-refractivity contribution is 6.04. The molecule has 23 heavy (non-hydrogen) atoms. The van der Waals surface area contributed by atoms with Gasteiger partial charge >= 0.3 is 5.69 Å². The van der Waals surface area contributed by atoms with Crippen molar-refractivity contribution in [2.24, 2.45) is 0 Å². The monoisotopic (exact) mass is 307 g/mol. The van der Waals surface area contributed by atoms with E-state index >= 15 is 0 Å². The molecule has 0 saturated heterocycles. The maximum absolute atomic E-state index is 12.3. The number of aryl methyl sites for hydroxylation is 1. The van der Waals surface area contributed by atoms with Crippen LogP contribution >= 0.6 is 0 Å². The van der Waals surface area contributed by atoms with Gasteiger partial charge in [-0.3, -0.25) is 4.79 Å². The first-order valence-corrected chi connectivity index (χ1v) is 7.07. The molecule has 114 valence electrons. The minimum atomic E-state index is -0.302. The Labute approximate surface area is 130 Å². The molecule has 1 amide bonds. The average molecular weight is 307 g/mol. The van der Waals surface area contributed by atoms with Gasteiger partial charge in [0.1, 0.15) is 11.3 Å². The second kappa shape index (κ2) is 4.84. The van der Waals surface area contributed by atoms with Crippen molar-refractivity contribution in [1.82, 2.24) is 19.4 Å². The van der Waals surface area contributed by atoms with Gasteiger partial charge in [0.25, 0.3) is 5.91 Å². The number of anilines is 1. The molecule has 0 aliphatic rings. The molecule has 0 unspecified atom stereocenters. The van der Waals surface area contributed by atoms with Crippen LogP contribution in [0.1, 0.15) is 16.1 Å². The van der Waals surface area contributed by atoms with Gasteiger partial charge in [0.05, 0.1) is 11.0 Å². The van der Waals surface area contributed by atoms with Gasteiger partial charge in [-0.25, -0.2) is 9.78 Å². The largest absolute Gasteiger partial charge is 0.323 e. The molecule has 0 atom stereocenters. The molecule has 0 aliphatic carbocycles. The van der Waals surface area contributed by atoms with Crippen molar-refractivity contribution < 1.29 is 4.79 Å². The van der Waals surface area contributed by atoms with Crippen molar-refractivity contribution in [3.63, 3.8) is 0 Å². The number of amides is 1. The van der Waals surface area contributed by atoms with Gasteiger partial charge in [0.15, 0.2) is 0 Å². The number of hydrogen-bond donors (Lipinski definition) is 3. The molecule has 3 N–H and O–H groups in total. The summed E-state index contributed by atoms with van der Waals surface area (Å²) in [5.41, 5.74) is 3.77. The van der Waals surface area contributed by atoms with Crippen molar-refractivity contribution in [3.05, 3.63) is 64.5 Å². The lowest BCUT2D eigenvalue weighted by Crippen LogP contribution is -2.12. The summed E-state index contributed by atoms with van der Waals surface area (Å²) in [5, 5.41) is 2.78. The van der Waals surface area contributed by atoms with E-state index < -0.39 is 0 Å². The van der Waals surface area contributed by atoms with E-state index in [0.29, 0.717) is 22.4 Å². The summed E-state index contributed by atoms with van der Waals surface area (Å²) in [6, 6.07) is 9.02. The van der Waals surface area contributed by atoms with Crippen molar-refractivity contribution in [2.75, 3.05) is 5.32 Å². The van der Waals surface area contributed by atoms with Gasteiger partial charge in [-0.1, -0.05) is 0 Å². The topological polar surface area (TPSA) is 95.0 Å². The Balaban J connectivity index is 1.65. The number of rotatable bonds is 2. The van der Waals surface area contributed by atoms with E-state index in [1.807, 2.05) is 25.3 Å². The molecule has 0 aliphatic heterocycles. The van der Waals surface area contributed by atoms with Crippen LogP contribution in [0.25, 0.3) is 16.7 Å². The number of pyridine rings is 1. The molecular weight excluding hydrogens is 294 g/mol. The van der Waals surface area contributed by atoms with Gasteiger partial charge in [-0.05, 0) is 42.8 Å². The molecule has 0 radical (unpaired) electrons. The Hall–Kier alpha value is -3.35. The summed E-state index contributed by atoms with van der Waals surface area (Å²) in [7, 11) is 0. The van der Waals surface area contributed by atoms with Gasteiger partial charge in [0.2, 0.25) is 0 Å². The summed E-state index contributed by atoms with van der Waals surface area (Å²) in [4.78, 5) is 33.2. The predicted molar refractivity (Wildman–Crippen MR) is 86.8 cm³/mol. The lowest BCUT2D eigenvalue weighted by Gasteiger charge is -2.02. The standard InChI is InChI=1S/C16H13N5O2/c1-9-4-5-21-8-13(18-14(21)6-9)15(22)17-10-2-3-11-12(7-10)20-16(23)19-11/h2-8H,1H3,(H,17,22)(H2,19,20,23). The number of nitrogens with one attached hydrogen (secondary N) is 3. The normalized spacial score (nSPS) is 11.2. The second-order valence-electron chi connectivity index (χ2n) is 5.39. The maximum atomic E-state index is 12.3.